The van der Waals surface area contributed by atoms with E-state index in [4.69, 9.17) is 5.11 Å². The number of carboxylic acids is 1. The second-order valence-corrected chi connectivity index (χ2v) is 3.61. The third-order valence-electron chi connectivity index (χ3n) is 1.92. The molecule has 1 aromatic carbocycles. The van der Waals surface area contributed by atoms with Gasteiger partial charge >= 0.3 is 18.2 Å². The van der Waals surface area contributed by atoms with Crippen molar-refractivity contribution in [2.75, 3.05) is 11.9 Å². The van der Waals surface area contributed by atoms with Gasteiger partial charge in [-0.2, -0.15) is 13.2 Å². The average Bonchev–Trinajstić information content (AvgIpc) is 2.34. The van der Waals surface area contributed by atoms with E-state index >= 15 is 0 Å². The van der Waals surface area contributed by atoms with Gasteiger partial charge in [-0.05, 0) is 23.8 Å². The van der Waals surface area contributed by atoms with Gasteiger partial charge in [0.15, 0.2) is 6.61 Å². The van der Waals surface area contributed by atoms with E-state index in [1.807, 2.05) is 0 Å². The number of alkyl halides is 3. The summed E-state index contributed by atoms with van der Waals surface area (Å²) in [5, 5.41) is 10.6. The highest BCUT2D eigenvalue weighted by Crippen LogP contribution is 2.16. The van der Waals surface area contributed by atoms with Crippen LogP contribution in [0.25, 0.3) is 6.08 Å². The molecule has 0 radical (unpaired) electrons. The number of nitrogens with one attached hydrogen (secondary N) is 1. The molecule has 1 aromatic rings. The summed E-state index contributed by atoms with van der Waals surface area (Å²) in [7, 11) is 0. The number of benzene rings is 1. The SMILES string of the molecule is O=C(O)/C=C/c1cccc(NC(=O)OCC(F)(F)F)c1. The zero-order valence-electron chi connectivity index (χ0n) is 9.98. The molecule has 0 spiro atoms. The van der Waals surface area contributed by atoms with Crippen LogP contribution in [0, 0.1) is 0 Å². The summed E-state index contributed by atoms with van der Waals surface area (Å²) in [4.78, 5) is 21.4. The first-order valence-electron chi connectivity index (χ1n) is 5.28. The molecule has 0 aliphatic rings. The van der Waals surface area contributed by atoms with Crippen molar-refractivity contribution in [2.24, 2.45) is 0 Å². The Morgan fingerprint density at radius 1 is 1.35 bits per heavy atom. The molecule has 0 aromatic heterocycles. The molecular weight excluding hydrogens is 279 g/mol. The van der Waals surface area contributed by atoms with Gasteiger partial charge in [-0.25, -0.2) is 9.59 Å². The van der Waals surface area contributed by atoms with Gasteiger partial charge < -0.3 is 9.84 Å². The fourth-order valence-electron chi connectivity index (χ4n) is 1.19. The van der Waals surface area contributed by atoms with Crippen LogP contribution in [0.5, 0.6) is 0 Å². The third-order valence-corrected chi connectivity index (χ3v) is 1.92. The standard InChI is InChI=1S/C12H10F3NO4/c13-12(14,15)7-20-11(19)16-9-3-1-2-8(6-9)4-5-10(17)18/h1-6H,7H2,(H,16,19)(H,17,18)/b5-4+. The van der Waals surface area contributed by atoms with Crippen molar-refractivity contribution in [2.45, 2.75) is 6.18 Å². The number of anilines is 1. The Morgan fingerprint density at radius 2 is 2.05 bits per heavy atom. The number of carboxylic acid groups (broad SMARTS) is 1. The molecule has 0 bridgehead atoms. The molecule has 0 fully saturated rings. The first kappa shape index (κ1) is 15.5. The molecule has 2 N–H and O–H groups in total. The lowest BCUT2D eigenvalue weighted by Crippen LogP contribution is -2.23. The van der Waals surface area contributed by atoms with Crippen molar-refractivity contribution in [3.8, 4) is 0 Å². The molecule has 0 unspecified atom stereocenters. The first-order valence-corrected chi connectivity index (χ1v) is 5.28. The van der Waals surface area contributed by atoms with Crippen molar-refractivity contribution in [1.29, 1.82) is 0 Å². The Hall–Kier alpha value is -2.51. The fourth-order valence-corrected chi connectivity index (χ4v) is 1.19. The number of hydrogen-bond acceptors (Lipinski definition) is 3. The summed E-state index contributed by atoms with van der Waals surface area (Å²) < 4.78 is 39.4. The van der Waals surface area contributed by atoms with E-state index in [9.17, 15) is 22.8 Å². The lowest BCUT2D eigenvalue weighted by molar-refractivity contribution is -0.159. The molecule has 1 amide bonds. The molecule has 8 heteroatoms. The Kier molecular flexibility index (Phi) is 5.13. The molecule has 5 nitrogen and oxygen atoms in total. The maximum atomic E-state index is 11.8. The van der Waals surface area contributed by atoms with Crippen molar-refractivity contribution >= 4 is 23.8 Å². The van der Waals surface area contributed by atoms with Crippen LogP contribution in [0.2, 0.25) is 0 Å². The van der Waals surface area contributed by atoms with Crippen molar-refractivity contribution in [3.05, 3.63) is 35.9 Å². The van der Waals surface area contributed by atoms with Gasteiger partial charge in [-0.1, -0.05) is 12.1 Å². The summed E-state index contributed by atoms with van der Waals surface area (Å²) in [6.45, 7) is -1.68. The second kappa shape index (κ2) is 6.60. The Balaban J connectivity index is 2.62. The molecule has 1 rings (SSSR count). The maximum absolute atomic E-state index is 11.8. The number of hydrogen-bond donors (Lipinski definition) is 2. The highest BCUT2D eigenvalue weighted by molar-refractivity contribution is 5.87. The molecule has 20 heavy (non-hydrogen) atoms. The molecule has 0 atom stereocenters. The molecular formula is C12H10F3NO4. The van der Waals surface area contributed by atoms with Crippen LogP contribution in [0.15, 0.2) is 30.3 Å². The van der Waals surface area contributed by atoms with Gasteiger partial charge in [0.05, 0.1) is 0 Å². The zero-order valence-corrected chi connectivity index (χ0v) is 9.98. The van der Waals surface area contributed by atoms with E-state index < -0.39 is 24.8 Å². The monoisotopic (exact) mass is 289 g/mol. The normalized spacial score (nSPS) is 11.3. The Bertz CT molecular complexity index is 526. The highest BCUT2D eigenvalue weighted by Gasteiger charge is 2.29. The van der Waals surface area contributed by atoms with Crippen molar-refractivity contribution in [3.63, 3.8) is 0 Å². The van der Waals surface area contributed by atoms with Crippen LogP contribution in [0.3, 0.4) is 0 Å². The smallest absolute Gasteiger partial charge is 0.422 e. The van der Waals surface area contributed by atoms with E-state index in [-0.39, 0.29) is 5.69 Å². The van der Waals surface area contributed by atoms with E-state index in [1.165, 1.54) is 24.3 Å². The third kappa shape index (κ3) is 6.43. The lowest BCUT2D eigenvalue weighted by Gasteiger charge is -2.09. The topological polar surface area (TPSA) is 75.6 Å². The van der Waals surface area contributed by atoms with E-state index in [1.54, 1.807) is 6.07 Å². The lowest BCUT2D eigenvalue weighted by atomic mass is 10.2. The van der Waals surface area contributed by atoms with Crippen LogP contribution in [0.1, 0.15) is 5.56 Å². The first-order chi connectivity index (χ1) is 9.26. The summed E-state index contributed by atoms with van der Waals surface area (Å²) >= 11 is 0. The minimum absolute atomic E-state index is 0.185. The number of carbonyl (C=O) groups is 2. The van der Waals surface area contributed by atoms with Crippen molar-refractivity contribution < 1.29 is 32.6 Å². The highest BCUT2D eigenvalue weighted by atomic mass is 19.4. The Morgan fingerprint density at radius 3 is 2.65 bits per heavy atom. The van der Waals surface area contributed by atoms with Crippen LogP contribution in [-0.4, -0.2) is 30.0 Å². The van der Waals surface area contributed by atoms with E-state index in [0.717, 1.165) is 6.08 Å². The summed E-state index contributed by atoms with van der Waals surface area (Å²) in [5.74, 6) is -1.15. The summed E-state index contributed by atoms with van der Waals surface area (Å²) in [6.07, 6.45) is -3.68. The van der Waals surface area contributed by atoms with Gasteiger partial charge in [0, 0.05) is 11.8 Å². The van der Waals surface area contributed by atoms with E-state index in [0.29, 0.717) is 5.56 Å². The predicted molar refractivity (Wildman–Crippen MR) is 64.1 cm³/mol. The largest absolute Gasteiger partial charge is 0.478 e. The minimum Gasteiger partial charge on any atom is -0.478 e. The van der Waals surface area contributed by atoms with Crippen LogP contribution in [-0.2, 0) is 9.53 Å². The maximum Gasteiger partial charge on any atom is 0.422 e. The summed E-state index contributed by atoms with van der Waals surface area (Å²) in [6, 6.07) is 5.87. The van der Waals surface area contributed by atoms with Gasteiger partial charge in [0.25, 0.3) is 0 Å². The predicted octanol–water partition coefficient (Wildman–Crippen LogP) is 2.90. The number of amides is 1. The van der Waals surface area contributed by atoms with Crippen molar-refractivity contribution in [1.82, 2.24) is 0 Å². The number of carbonyl (C=O) groups excluding carboxylic acids is 1. The van der Waals surface area contributed by atoms with Gasteiger partial charge in [0.1, 0.15) is 0 Å². The van der Waals surface area contributed by atoms with Gasteiger partial charge in [0.2, 0.25) is 0 Å². The molecule has 0 aliphatic heterocycles. The van der Waals surface area contributed by atoms with Gasteiger partial charge in [-0.15, -0.1) is 0 Å². The quantitative estimate of drug-likeness (QED) is 0.836. The van der Waals surface area contributed by atoms with Crippen LogP contribution >= 0.6 is 0 Å². The molecule has 0 aliphatic carbocycles. The average molecular weight is 289 g/mol. The number of ether oxygens (including phenoxy) is 1. The summed E-state index contributed by atoms with van der Waals surface area (Å²) in [5.41, 5.74) is 0.644. The molecule has 0 heterocycles. The van der Waals surface area contributed by atoms with Crippen LogP contribution in [0.4, 0.5) is 23.7 Å². The number of halogens is 3. The van der Waals surface area contributed by atoms with Gasteiger partial charge in [-0.3, -0.25) is 5.32 Å². The number of rotatable bonds is 4. The molecule has 0 saturated carbocycles. The minimum atomic E-state index is -4.59. The zero-order chi connectivity index (χ0) is 15.2. The molecule has 108 valence electrons. The van der Waals surface area contributed by atoms with E-state index in [2.05, 4.69) is 10.1 Å². The fraction of sp³-hybridized carbons (Fsp3) is 0.167. The second-order valence-electron chi connectivity index (χ2n) is 3.61. The number of aliphatic carboxylic acids is 1. The Labute approximate surface area is 111 Å². The van der Waals surface area contributed by atoms with Crippen LogP contribution < -0.4 is 5.32 Å². The molecule has 0 saturated heterocycles.